The zero-order chi connectivity index (χ0) is 26.1. The van der Waals surface area contributed by atoms with Crippen molar-refractivity contribution in [2.75, 3.05) is 6.61 Å². The van der Waals surface area contributed by atoms with E-state index in [2.05, 4.69) is 20.8 Å². The number of aliphatic hydroxyl groups is 1. The van der Waals surface area contributed by atoms with Crippen LogP contribution in [0.4, 0.5) is 0 Å². The molecule has 0 saturated carbocycles. The minimum Gasteiger partial charge on any atom is -0.456 e. The van der Waals surface area contributed by atoms with Crippen molar-refractivity contribution in [3.05, 3.63) is 94.6 Å². The Kier molecular flexibility index (Phi) is 10.1. The summed E-state index contributed by atoms with van der Waals surface area (Å²) in [5.74, 6) is -1.29. The van der Waals surface area contributed by atoms with E-state index in [1.807, 2.05) is 73.7 Å². The third-order valence-corrected chi connectivity index (χ3v) is 6.65. The molecule has 1 fully saturated rings. The molecule has 1 aliphatic rings. The normalized spacial score (nSPS) is 19.3. The maximum atomic E-state index is 13.7. The number of hydrogen-bond acceptors (Lipinski definition) is 5. The largest absolute Gasteiger partial charge is 0.456 e. The molecule has 192 valence electrons. The summed E-state index contributed by atoms with van der Waals surface area (Å²) in [4.78, 5) is 25.7. The molecule has 0 amide bonds. The highest BCUT2D eigenvalue weighted by Gasteiger charge is 2.47. The fraction of sp³-hybridized carbons (Fsp3) is 0.419. The van der Waals surface area contributed by atoms with E-state index < -0.39 is 30.1 Å². The Morgan fingerprint density at radius 2 is 1.64 bits per heavy atom. The van der Waals surface area contributed by atoms with Gasteiger partial charge < -0.3 is 14.6 Å². The molecule has 36 heavy (non-hydrogen) atoms. The van der Waals surface area contributed by atoms with Gasteiger partial charge >= 0.3 is 11.9 Å². The van der Waals surface area contributed by atoms with Crippen LogP contribution in [0.3, 0.4) is 0 Å². The van der Waals surface area contributed by atoms with Gasteiger partial charge in [-0.1, -0.05) is 105 Å². The van der Waals surface area contributed by atoms with Crippen LogP contribution in [0.2, 0.25) is 0 Å². The highest BCUT2D eigenvalue weighted by atomic mass is 16.6. The average molecular weight is 491 g/mol. The summed E-state index contributed by atoms with van der Waals surface area (Å²) in [5.41, 5.74) is 3.81. The lowest BCUT2D eigenvalue weighted by Crippen LogP contribution is -2.50. The van der Waals surface area contributed by atoms with E-state index in [1.165, 1.54) is 12.8 Å². The SMILES string of the molecule is CCCCC(C)C/C(C)=C/C(C)=C(/C(=O)OC(c1ccccc1)c1ccccc1)[C@@H]1OC(=O)[C@@H]1CO. The summed E-state index contributed by atoms with van der Waals surface area (Å²) in [6, 6.07) is 19.1. The molecule has 0 bridgehead atoms. The molecular formula is C31H38O5. The molecule has 0 aromatic heterocycles. The minimum absolute atomic E-state index is 0.283. The second-order valence-corrected chi connectivity index (χ2v) is 9.79. The van der Waals surface area contributed by atoms with Gasteiger partial charge in [0.05, 0.1) is 12.2 Å². The van der Waals surface area contributed by atoms with Crippen LogP contribution in [0.1, 0.15) is 70.6 Å². The van der Waals surface area contributed by atoms with E-state index in [4.69, 9.17) is 9.47 Å². The molecule has 2 aromatic carbocycles. The van der Waals surface area contributed by atoms with Crippen LogP contribution in [-0.2, 0) is 19.1 Å². The van der Waals surface area contributed by atoms with Gasteiger partial charge in [-0.15, -0.1) is 0 Å². The van der Waals surface area contributed by atoms with Crippen LogP contribution in [0.15, 0.2) is 83.5 Å². The monoisotopic (exact) mass is 490 g/mol. The van der Waals surface area contributed by atoms with Gasteiger partial charge in [0, 0.05) is 0 Å². The van der Waals surface area contributed by atoms with Crippen LogP contribution < -0.4 is 0 Å². The number of carbonyl (C=O) groups is 2. The number of carbonyl (C=O) groups excluding carboxylic acids is 2. The number of ether oxygens (including phenoxy) is 2. The summed E-state index contributed by atoms with van der Waals surface area (Å²) in [6.07, 6.45) is 4.97. The summed E-state index contributed by atoms with van der Waals surface area (Å²) < 4.78 is 11.5. The molecule has 0 aliphatic carbocycles. The smallest absolute Gasteiger partial charge is 0.339 e. The third-order valence-electron chi connectivity index (χ3n) is 6.65. The van der Waals surface area contributed by atoms with Gasteiger partial charge in [0.2, 0.25) is 0 Å². The minimum atomic E-state index is -0.830. The molecule has 1 unspecified atom stereocenters. The first kappa shape index (κ1) is 27.4. The van der Waals surface area contributed by atoms with Gasteiger partial charge in [-0.2, -0.15) is 0 Å². The Labute approximate surface area is 214 Å². The fourth-order valence-electron chi connectivity index (χ4n) is 4.74. The number of rotatable bonds is 12. The Balaban J connectivity index is 1.94. The molecule has 5 heteroatoms. The molecule has 0 radical (unpaired) electrons. The Hall–Kier alpha value is -3.18. The maximum Gasteiger partial charge on any atom is 0.339 e. The Morgan fingerprint density at radius 1 is 1.06 bits per heavy atom. The predicted octanol–water partition coefficient (Wildman–Crippen LogP) is 6.33. The quantitative estimate of drug-likeness (QED) is 0.214. The predicted molar refractivity (Wildman–Crippen MR) is 141 cm³/mol. The first-order valence-electron chi connectivity index (χ1n) is 12.9. The van der Waals surface area contributed by atoms with Crippen molar-refractivity contribution in [2.45, 2.75) is 65.6 Å². The summed E-state index contributed by atoms with van der Waals surface area (Å²) in [7, 11) is 0. The molecule has 2 aromatic rings. The average Bonchev–Trinajstić information content (AvgIpc) is 2.86. The van der Waals surface area contributed by atoms with Crippen molar-refractivity contribution in [2.24, 2.45) is 11.8 Å². The van der Waals surface area contributed by atoms with Crippen LogP contribution in [-0.4, -0.2) is 29.8 Å². The number of unbranched alkanes of at least 4 members (excludes halogenated alkanes) is 1. The molecule has 1 N–H and O–H groups in total. The molecule has 1 heterocycles. The maximum absolute atomic E-state index is 13.7. The number of benzene rings is 2. The van der Waals surface area contributed by atoms with E-state index in [-0.39, 0.29) is 12.2 Å². The number of allylic oxidation sites excluding steroid dienone is 3. The summed E-state index contributed by atoms with van der Waals surface area (Å²) in [5, 5.41) is 9.77. The molecule has 3 atom stereocenters. The van der Waals surface area contributed by atoms with Crippen molar-refractivity contribution < 1.29 is 24.2 Å². The van der Waals surface area contributed by atoms with Gasteiger partial charge in [-0.05, 0) is 42.9 Å². The second kappa shape index (κ2) is 13.2. The Bertz CT molecular complexity index is 1030. The van der Waals surface area contributed by atoms with E-state index >= 15 is 0 Å². The van der Waals surface area contributed by atoms with Gasteiger partial charge in [-0.3, -0.25) is 4.79 Å². The van der Waals surface area contributed by atoms with Crippen molar-refractivity contribution in [1.82, 2.24) is 0 Å². The van der Waals surface area contributed by atoms with Crippen molar-refractivity contribution in [3.8, 4) is 0 Å². The van der Waals surface area contributed by atoms with Crippen molar-refractivity contribution in [3.63, 3.8) is 0 Å². The third kappa shape index (κ3) is 6.94. The topological polar surface area (TPSA) is 72.8 Å². The molecule has 3 rings (SSSR count). The molecule has 1 saturated heterocycles. The number of esters is 2. The van der Waals surface area contributed by atoms with E-state index in [9.17, 15) is 14.7 Å². The van der Waals surface area contributed by atoms with Gasteiger partial charge in [0.15, 0.2) is 6.10 Å². The standard InChI is InChI=1S/C31H38O5/c1-5-6-13-21(2)18-22(3)19-23(4)27(29-26(20-32)30(33)36-29)31(34)35-28(24-14-9-7-10-15-24)25-16-11-8-12-17-25/h7-12,14-17,19,21,26,28-29,32H,5-6,13,18,20H2,1-4H3/b22-19+,27-23+/t21?,26-,29-/m1/s1. The molecule has 1 aliphatic heterocycles. The van der Waals surface area contributed by atoms with Gasteiger partial charge in [-0.25, -0.2) is 4.79 Å². The first-order valence-corrected chi connectivity index (χ1v) is 12.9. The van der Waals surface area contributed by atoms with Crippen LogP contribution in [0.25, 0.3) is 0 Å². The molecular weight excluding hydrogens is 452 g/mol. The molecule has 5 nitrogen and oxygen atoms in total. The number of hydrogen-bond donors (Lipinski definition) is 1. The first-order chi connectivity index (χ1) is 17.3. The second-order valence-electron chi connectivity index (χ2n) is 9.79. The highest BCUT2D eigenvalue weighted by Crippen LogP contribution is 2.34. The lowest BCUT2D eigenvalue weighted by Gasteiger charge is -2.35. The van der Waals surface area contributed by atoms with Gasteiger partial charge in [0.25, 0.3) is 0 Å². The van der Waals surface area contributed by atoms with E-state index in [0.29, 0.717) is 11.5 Å². The van der Waals surface area contributed by atoms with Gasteiger partial charge in [0.1, 0.15) is 12.0 Å². The zero-order valence-electron chi connectivity index (χ0n) is 21.8. The summed E-state index contributed by atoms with van der Waals surface area (Å²) in [6.45, 7) is 7.95. The van der Waals surface area contributed by atoms with Crippen LogP contribution in [0, 0.1) is 11.8 Å². The number of aliphatic hydroxyl groups excluding tert-OH is 1. The van der Waals surface area contributed by atoms with Crippen molar-refractivity contribution in [1.29, 1.82) is 0 Å². The van der Waals surface area contributed by atoms with Crippen LogP contribution >= 0.6 is 0 Å². The lowest BCUT2D eigenvalue weighted by atomic mass is 9.87. The van der Waals surface area contributed by atoms with Crippen LogP contribution in [0.5, 0.6) is 0 Å². The van der Waals surface area contributed by atoms with E-state index in [0.717, 1.165) is 29.5 Å². The fourth-order valence-corrected chi connectivity index (χ4v) is 4.74. The molecule has 0 spiro atoms. The summed E-state index contributed by atoms with van der Waals surface area (Å²) >= 11 is 0. The Morgan fingerprint density at radius 3 is 2.14 bits per heavy atom. The van der Waals surface area contributed by atoms with E-state index in [1.54, 1.807) is 0 Å². The zero-order valence-corrected chi connectivity index (χ0v) is 21.8. The highest BCUT2D eigenvalue weighted by molar-refractivity contribution is 5.95. The van der Waals surface area contributed by atoms with Crippen molar-refractivity contribution >= 4 is 11.9 Å². The number of cyclic esters (lactones) is 1. The lowest BCUT2D eigenvalue weighted by molar-refractivity contribution is -0.184.